The van der Waals surface area contributed by atoms with Crippen LogP contribution in [0.1, 0.15) is 6.23 Å². The molecule has 1 aliphatic rings. The summed E-state index contributed by atoms with van der Waals surface area (Å²) in [6, 6.07) is 0.00871. The molecule has 9 nitrogen and oxygen atoms in total. The van der Waals surface area contributed by atoms with E-state index in [4.69, 9.17) is 20.3 Å². The second-order valence-electron chi connectivity index (χ2n) is 4.60. The van der Waals surface area contributed by atoms with Crippen molar-refractivity contribution in [3.8, 4) is 6.01 Å². The number of aliphatic hydroxyl groups is 2. The fourth-order valence-corrected chi connectivity index (χ4v) is 2.27. The molecule has 3 heterocycles. The lowest BCUT2D eigenvalue weighted by molar-refractivity contribution is -0.0459. The van der Waals surface area contributed by atoms with Crippen LogP contribution in [0.5, 0.6) is 6.01 Å². The molecule has 3 rings (SSSR count). The molecule has 1 fully saturated rings. The van der Waals surface area contributed by atoms with Crippen molar-refractivity contribution in [2.75, 3.05) is 19.5 Å². The number of aliphatic hydroxyl groups excluding tert-OH is 2. The number of nitrogen functional groups attached to an aromatic ring is 1. The zero-order valence-electron chi connectivity index (χ0n) is 11.0. The normalized spacial score (nSPS) is 29.1. The van der Waals surface area contributed by atoms with Crippen molar-refractivity contribution in [1.82, 2.24) is 19.5 Å². The van der Waals surface area contributed by atoms with E-state index in [0.717, 1.165) is 0 Å². The van der Waals surface area contributed by atoms with E-state index in [1.54, 1.807) is 0 Å². The van der Waals surface area contributed by atoms with Gasteiger partial charge in [-0.05, 0) is 0 Å². The molecular formula is C11H14FN5O4. The van der Waals surface area contributed by atoms with Gasteiger partial charge in [0.1, 0.15) is 12.2 Å². The van der Waals surface area contributed by atoms with Crippen LogP contribution in [0, 0.1) is 0 Å². The third-order valence-corrected chi connectivity index (χ3v) is 3.36. The first-order chi connectivity index (χ1) is 10.1. The maximum Gasteiger partial charge on any atom is 0.320 e. The van der Waals surface area contributed by atoms with E-state index >= 15 is 0 Å². The van der Waals surface area contributed by atoms with Crippen LogP contribution in [-0.2, 0) is 4.74 Å². The van der Waals surface area contributed by atoms with Crippen molar-refractivity contribution in [2.24, 2.45) is 0 Å². The smallest absolute Gasteiger partial charge is 0.320 e. The quantitative estimate of drug-likeness (QED) is 0.658. The third kappa shape index (κ3) is 2.07. The predicted octanol–water partition coefficient (Wildman–Crippen LogP) is -0.994. The number of nitrogens with zero attached hydrogens (tertiary/aromatic N) is 4. The number of rotatable bonds is 3. The Hall–Kier alpha value is -2.04. The molecule has 4 N–H and O–H groups in total. The Bertz CT molecular complexity index is 665. The Labute approximate surface area is 118 Å². The second kappa shape index (κ2) is 5.06. The number of hydrogen-bond acceptors (Lipinski definition) is 8. The number of fused-ring (bicyclic) bond motifs is 1. The van der Waals surface area contributed by atoms with Crippen LogP contribution >= 0.6 is 0 Å². The summed E-state index contributed by atoms with van der Waals surface area (Å²) in [5, 5.41) is 18.7. The molecule has 1 unspecified atom stereocenters. The van der Waals surface area contributed by atoms with Gasteiger partial charge in [-0.3, -0.25) is 4.57 Å². The maximum absolute atomic E-state index is 14.2. The van der Waals surface area contributed by atoms with Crippen LogP contribution in [-0.4, -0.2) is 61.8 Å². The largest absolute Gasteiger partial charge is 0.467 e. The predicted molar refractivity (Wildman–Crippen MR) is 68.2 cm³/mol. The summed E-state index contributed by atoms with van der Waals surface area (Å²) in [7, 11) is 1.37. The number of anilines is 1. The number of ether oxygens (including phenoxy) is 2. The number of hydrogen-bond donors (Lipinski definition) is 3. The summed E-state index contributed by atoms with van der Waals surface area (Å²) in [6.07, 6.45) is -4.05. The standard InChI is InChI=1S/C11H14FN5O4/c1-20-11-15-8(13)6-9(16-11)17(3-14-6)10-5(12)7(19)4(2-18)21-10/h3-5,7,10,18-19H,2H2,1H3,(H2,13,15,16)/t4-,5+,7?,10-/m1/s1. The van der Waals surface area contributed by atoms with Crippen molar-refractivity contribution < 1.29 is 24.1 Å². The Morgan fingerprint density at radius 2 is 2.29 bits per heavy atom. The maximum atomic E-state index is 14.2. The Morgan fingerprint density at radius 3 is 2.90 bits per heavy atom. The molecule has 0 radical (unpaired) electrons. The van der Waals surface area contributed by atoms with E-state index in [2.05, 4.69) is 15.0 Å². The van der Waals surface area contributed by atoms with Crippen molar-refractivity contribution in [3.63, 3.8) is 0 Å². The molecule has 0 bridgehead atoms. The van der Waals surface area contributed by atoms with Crippen molar-refractivity contribution in [1.29, 1.82) is 0 Å². The van der Waals surface area contributed by atoms with Gasteiger partial charge in [-0.25, -0.2) is 9.37 Å². The monoisotopic (exact) mass is 299 g/mol. The minimum absolute atomic E-state index is 0.00871. The van der Waals surface area contributed by atoms with E-state index in [0.29, 0.717) is 0 Å². The van der Waals surface area contributed by atoms with Gasteiger partial charge in [-0.2, -0.15) is 9.97 Å². The molecular weight excluding hydrogens is 285 g/mol. The molecule has 10 heteroatoms. The fraction of sp³-hybridized carbons (Fsp3) is 0.545. The number of methoxy groups -OCH3 is 1. The summed E-state index contributed by atoms with van der Waals surface area (Å²) in [5.74, 6) is 0.0864. The first-order valence-corrected chi connectivity index (χ1v) is 6.19. The van der Waals surface area contributed by atoms with Crippen LogP contribution in [0.4, 0.5) is 10.2 Å². The Morgan fingerprint density at radius 1 is 1.52 bits per heavy atom. The molecule has 0 aliphatic carbocycles. The van der Waals surface area contributed by atoms with Crippen LogP contribution in [0.25, 0.3) is 11.2 Å². The van der Waals surface area contributed by atoms with Gasteiger partial charge in [-0.15, -0.1) is 0 Å². The van der Waals surface area contributed by atoms with Gasteiger partial charge in [0.15, 0.2) is 29.4 Å². The van der Waals surface area contributed by atoms with E-state index < -0.39 is 31.2 Å². The van der Waals surface area contributed by atoms with Crippen LogP contribution in [0.3, 0.4) is 0 Å². The first kappa shape index (κ1) is 13.9. The molecule has 114 valence electrons. The van der Waals surface area contributed by atoms with Gasteiger partial charge >= 0.3 is 6.01 Å². The van der Waals surface area contributed by atoms with Gasteiger partial charge < -0.3 is 25.4 Å². The topological polar surface area (TPSA) is 129 Å². The summed E-state index contributed by atoms with van der Waals surface area (Å²) < 4.78 is 25.7. The van der Waals surface area contributed by atoms with Gasteiger partial charge in [0.25, 0.3) is 0 Å². The molecule has 21 heavy (non-hydrogen) atoms. The van der Waals surface area contributed by atoms with Crippen molar-refractivity contribution in [3.05, 3.63) is 6.33 Å². The molecule has 1 saturated heterocycles. The van der Waals surface area contributed by atoms with E-state index in [1.807, 2.05) is 0 Å². The molecule has 2 aromatic heterocycles. The molecule has 4 atom stereocenters. The molecule has 0 saturated carbocycles. The van der Waals surface area contributed by atoms with Gasteiger partial charge in [0.05, 0.1) is 20.0 Å². The van der Waals surface area contributed by atoms with Crippen LogP contribution in [0.15, 0.2) is 6.33 Å². The average molecular weight is 299 g/mol. The Kier molecular flexibility index (Phi) is 3.35. The van der Waals surface area contributed by atoms with Gasteiger partial charge in [0, 0.05) is 0 Å². The molecule has 0 aromatic carbocycles. The second-order valence-corrected chi connectivity index (χ2v) is 4.60. The van der Waals surface area contributed by atoms with E-state index in [-0.39, 0.29) is 23.0 Å². The number of halogens is 1. The third-order valence-electron chi connectivity index (χ3n) is 3.36. The lowest BCUT2D eigenvalue weighted by Gasteiger charge is -2.15. The number of imidazole rings is 1. The van der Waals surface area contributed by atoms with Crippen molar-refractivity contribution >= 4 is 17.0 Å². The van der Waals surface area contributed by atoms with Crippen LogP contribution in [0.2, 0.25) is 0 Å². The highest BCUT2D eigenvalue weighted by Gasteiger charge is 2.45. The summed E-state index contributed by atoms with van der Waals surface area (Å²) in [6.45, 7) is -0.495. The summed E-state index contributed by atoms with van der Waals surface area (Å²) in [4.78, 5) is 12.0. The summed E-state index contributed by atoms with van der Waals surface area (Å²) >= 11 is 0. The minimum Gasteiger partial charge on any atom is -0.467 e. The molecule has 0 amide bonds. The van der Waals surface area contributed by atoms with Gasteiger partial charge in [-0.1, -0.05) is 0 Å². The zero-order valence-corrected chi connectivity index (χ0v) is 11.0. The van der Waals surface area contributed by atoms with Gasteiger partial charge in [0.2, 0.25) is 0 Å². The number of aromatic nitrogens is 4. The number of alkyl halides is 1. The SMILES string of the molecule is COc1nc(N)c2ncn([C@@H]3O[C@H](CO)C(O)[C@@H]3F)c2n1. The molecule has 0 spiro atoms. The minimum atomic E-state index is -1.73. The highest BCUT2D eigenvalue weighted by Crippen LogP contribution is 2.34. The lowest BCUT2D eigenvalue weighted by Crippen LogP contribution is -2.30. The lowest BCUT2D eigenvalue weighted by atomic mass is 10.1. The van der Waals surface area contributed by atoms with Crippen LogP contribution < -0.4 is 10.5 Å². The highest BCUT2D eigenvalue weighted by atomic mass is 19.1. The highest BCUT2D eigenvalue weighted by molar-refractivity contribution is 5.82. The van der Waals surface area contributed by atoms with Crippen molar-refractivity contribution in [2.45, 2.75) is 24.6 Å². The number of nitrogens with two attached hydrogens (primary N) is 1. The fourth-order valence-electron chi connectivity index (χ4n) is 2.27. The summed E-state index contributed by atoms with van der Waals surface area (Å²) in [5.41, 5.74) is 6.22. The average Bonchev–Trinajstić information content (AvgIpc) is 3.02. The molecule has 2 aromatic rings. The zero-order chi connectivity index (χ0) is 15.1. The van der Waals surface area contributed by atoms with E-state index in [1.165, 1.54) is 18.0 Å². The first-order valence-electron chi connectivity index (χ1n) is 6.19. The molecule has 1 aliphatic heterocycles. The Balaban J connectivity index is 2.07. The van der Waals surface area contributed by atoms with E-state index in [9.17, 15) is 9.50 Å².